The molecule has 0 saturated heterocycles. The Morgan fingerprint density at radius 2 is 2.00 bits per heavy atom. The van der Waals surface area contributed by atoms with Gasteiger partial charge in [-0.2, -0.15) is 0 Å². The summed E-state index contributed by atoms with van der Waals surface area (Å²) in [5.41, 5.74) is -0.351. The minimum absolute atomic E-state index is 0.301. The number of alkyl halides is 4. The molecule has 0 heterocycles. The second kappa shape index (κ2) is 5.54. The van der Waals surface area contributed by atoms with E-state index in [9.17, 15) is 21.6 Å². The predicted molar refractivity (Wildman–Crippen MR) is 64.1 cm³/mol. The van der Waals surface area contributed by atoms with Crippen LogP contribution in [0, 0.1) is 0 Å². The third kappa shape index (κ3) is 4.91. The third-order valence-electron chi connectivity index (χ3n) is 1.58. The first-order valence-electron chi connectivity index (χ1n) is 4.25. The molecule has 102 valence electrons. The van der Waals surface area contributed by atoms with E-state index >= 15 is 0 Å². The zero-order valence-electron chi connectivity index (χ0n) is 8.46. The maximum Gasteiger partial charge on any atom is 0.573 e. The molecule has 0 radical (unpaired) electrons. The maximum atomic E-state index is 12.1. The molecule has 1 rings (SSSR count). The van der Waals surface area contributed by atoms with Crippen molar-refractivity contribution < 1.29 is 26.3 Å². The molecule has 10 heteroatoms. The van der Waals surface area contributed by atoms with Gasteiger partial charge >= 0.3 is 6.36 Å². The second-order valence-electron chi connectivity index (χ2n) is 3.01. The van der Waals surface area contributed by atoms with Crippen molar-refractivity contribution in [2.75, 3.05) is 9.93 Å². The molecule has 0 saturated carbocycles. The normalized spacial score (nSPS) is 12.3. The highest BCUT2D eigenvalue weighted by atomic mass is 79.9. The number of nitrogens with one attached hydrogen (secondary N) is 1. The predicted octanol–water partition coefficient (Wildman–Crippen LogP) is 3.29. The molecule has 1 aromatic carbocycles. The quantitative estimate of drug-likeness (QED) is 0.830. The number of halogens is 5. The van der Waals surface area contributed by atoms with Crippen molar-refractivity contribution in [2.45, 2.75) is 6.36 Å². The number of hydrogen-bond acceptors (Lipinski definition) is 3. The molecule has 0 spiro atoms. The Kier molecular flexibility index (Phi) is 4.73. The van der Waals surface area contributed by atoms with E-state index in [-0.39, 0.29) is 5.69 Å². The molecular formula is C8H6BrClF3NO3S. The van der Waals surface area contributed by atoms with Gasteiger partial charge in [-0.15, -0.1) is 24.8 Å². The van der Waals surface area contributed by atoms with E-state index in [2.05, 4.69) is 20.7 Å². The van der Waals surface area contributed by atoms with E-state index in [0.717, 1.165) is 12.1 Å². The molecule has 0 aliphatic carbocycles. The lowest BCUT2D eigenvalue weighted by Gasteiger charge is -2.14. The third-order valence-corrected chi connectivity index (χ3v) is 3.75. The SMILES string of the molecule is O=S(=O)(CCl)Nc1ccc(Br)cc1OC(F)(F)F. The Labute approximate surface area is 114 Å². The minimum Gasteiger partial charge on any atom is -0.403 e. The highest BCUT2D eigenvalue weighted by molar-refractivity contribution is 9.10. The van der Waals surface area contributed by atoms with Gasteiger partial charge in [0.25, 0.3) is 0 Å². The number of rotatable bonds is 4. The van der Waals surface area contributed by atoms with Crippen molar-refractivity contribution in [2.24, 2.45) is 0 Å². The van der Waals surface area contributed by atoms with Crippen LogP contribution < -0.4 is 9.46 Å². The minimum atomic E-state index is -4.93. The van der Waals surface area contributed by atoms with Crippen LogP contribution in [0.1, 0.15) is 0 Å². The van der Waals surface area contributed by atoms with Gasteiger partial charge < -0.3 is 4.74 Å². The van der Waals surface area contributed by atoms with E-state index in [4.69, 9.17) is 11.6 Å². The number of anilines is 1. The molecule has 1 aromatic rings. The van der Waals surface area contributed by atoms with Crippen LogP contribution >= 0.6 is 27.5 Å². The molecule has 0 amide bonds. The topological polar surface area (TPSA) is 55.4 Å². The average Bonchev–Trinajstić information content (AvgIpc) is 2.20. The highest BCUT2D eigenvalue weighted by Gasteiger charge is 2.32. The molecule has 0 fully saturated rings. The van der Waals surface area contributed by atoms with Crippen LogP contribution in [0.25, 0.3) is 0 Å². The van der Waals surface area contributed by atoms with Crippen molar-refractivity contribution in [3.8, 4) is 5.75 Å². The number of sulfonamides is 1. The van der Waals surface area contributed by atoms with Gasteiger partial charge in [0.1, 0.15) is 5.21 Å². The molecule has 1 N–H and O–H groups in total. The van der Waals surface area contributed by atoms with Crippen molar-refractivity contribution in [1.82, 2.24) is 0 Å². The summed E-state index contributed by atoms with van der Waals surface area (Å²) in [6, 6.07) is 3.46. The molecule has 4 nitrogen and oxygen atoms in total. The van der Waals surface area contributed by atoms with Crippen LogP contribution in [-0.4, -0.2) is 20.0 Å². The lowest BCUT2D eigenvalue weighted by molar-refractivity contribution is -0.274. The Hall–Kier alpha value is -0.670. The second-order valence-corrected chi connectivity index (χ2v) is 6.24. The summed E-state index contributed by atoms with van der Waals surface area (Å²) in [6.07, 6.45) is -4.93. The van der Waals surface area contributed by atoms with Crippen LogP contribution in [0.4, 0.5) is 18.9 Å². The molecule has 0 atom stereocenters. The molecule has 0 aliphatic heterocycles. The first-order valence-corrected chi connectivity index (χ1v) is 7.23. The van der Waals surface area contributed by atoms with Gasteiger partial charge in [-0.05, 0) is 18.2 Å². The summed E-state index contributed by atoms with van der Waals surface area (Å²) in [4.78, 5) is 0. The summed E-state index contributed by atoms with van der Waals surface area (Å²) in [5, 5.41) is -0.783. The van der Waals surface area contributed by atoms with Crippen LogP contribution in [0.2, 0.25) is 0 Å². The van der Waals surface area contributed by atoms with E-state index in [1.165, 1.54) is 6.07 Å². The van der Waals surface area contributed by atoms with Crippen LogP contribution in [-0.2, 0) is 10.0 Å². The number of benzene rings is 1. The summed E-state index contributed by atoms with van der Waals surface area (Å²) in [7, 11) is -3.91. The number of ether oxygens (including phenoxy) is 1. The van der Waals surface area contributed by atoms with Crippen LogP contribution in [0.5, 0.6) is 5.75 Å². The standard InChI is InChI=1S/C8H6BrClF3NO3S/c9-5-1-2-6(14-18(15,16)4-10)7(3-5)17-8(11,12)13/h1-3,14H,4H2. The monoisotopic (exact) mass is 367 g/mol. The highest BCUT2D eigenvalue weighted by Crippen LogP contribution is 2.33. The average molecular weight is 369 g/mol. The van der Waals surface area contributed by atoms with Crippen molar-refractivity contribution in [1.29, 1.82) is 0 Å². The summed E-state index contributed by atoms with van der Waals surface area (Å²) < 4.78 is 64.6. The molecular weight excluding hydrogens is 363 g/mol. The van der Waals surface area contributed by atoms with E-state index in [1.54, 1.807) is 0 Å². The Morgan fingerprint density at radius 1 is 1.39 bits per heavy atom. The van der Waals surface area contributed by atoms with E-state index in [0.29, 0.717) is 4.47 Å². The van der Waals surface area contributed by atoms with Crippen LogP contribution in [0.15, 0.2) is 22.7 Å². The van der Waals surface area contributed by atoms with Crippen molar-refractivity contribution in [3.05, 3.63) is 22.7 Å². The van der Waals surface area contributed by atoms with Crippen molar-refractivity contribution >= 4 is 43.2 Å². The summed E-state index contributed by atoms with van der Waals surface area (Å²) in [5.74, 6) is -0.675. The van der Waals surface area contributed by atoms with Gasteiger partial charge in [0.15, 0.2) is 5.75 Å². The largest absolute Gasteiger partial charge is 0.573 e. The maximum absolute atomic E-state index is 12.1. The Morgan fingerprint density at radius 3 is 2.50 bits per heavy atom. The molecule has 0 aromatic heterocycles. The zero-order valence-corrected chi connectivity index (χ0v) is 11.6. The van der Waals surface area contributed by atoms with E-state index < -0.39 is 27.3 Å². The van der Waals surface area contributed by atoms with Gasteiger partial charge in [-0.1, -0.05) is 15.9 Å². The Bertz CT molecular complexity index is 535. The molecule has 0 unspecified atom stereocenters. The fourth-order valence-electron chi connectivity index (χ4n) is 0.984. The smallest absolute Gasteiger partial charge is 0.403 e. The first kappa shape index (κ1) is 15.4. The number of hydrogen-bond donors (Lipinski definition) is 1. The first-order chi connectivity index (χ1) is 8.13. The molecule has 0 bridgehead atoms. The van der Waals surface area contributed by atoms with Gasteiger partial charge in [-0.25, -0.2) is 8.42 Å². The van der Waals surface area contributed by atoms with E-state index in [1.807, 2.05) is 4.72 Å². The van der Waals surface area contributed by atoms with Gasteiger partial charge in [0.2, 0.25) is 10.0 Å². The van der Waals surface area contributed by atoms with Crippen LogP contribution in [0.3, 0.4) is 0 Å². The fourth-order valence-corrected chi connectivity index (χ4v) is 2.05. The van der Waals surface area contributed by atoms with Gasteiger partial charge in [0.05, 0.1) is 5.69 Å². The van der Waals surface area contributed by atoms with Gasteiger partial charge in [0, 0.05) is 4.47 Å². The zero-order chi connectivity index (χ0) is 14.0. The summed E-state index contributed by atoms with van der Waals surface area (Å²) >= 11 is 8.09. The Balaban J connectivity index is 3.12. The van der Waals surface area contributed by atoms with Gasteiger partial charge in [-0.3, -0.25) is 4.72 Å². The lowest BCUT2D eigenvalue weighted by atomic mass is 10.3. The van der Waals surface area contributed by atoms with Crippen molar-refractivity contribution in [3.63, 3.8) is 0 Å². The summed E-state index contributed by atoms with van der Waals surface area (Å²) in [6.45, 7) is 0. The molecule has 18 heavy (non-hydrogen) atoms. The lowest BCUT2D eigenvalue weighted by Crippen LogP contribution is -2.20. The fraction of sp³-hybridized carbons (Fsp3) is 0.250. The molecule has 0 aliphatic rings.